The van der Waals surface area contributed by atoms with Gasteiger partial charge in [-0.05, 0) is 43.9 Å². The molecule has 1 aliphatic carbocycles. The molecule has 1 aromatic heterocycles. The molecule has 3 rings (SSSR count). The summed E-state index contributed by atoms with van der Waals surface area (Å²) in [6.07, 6.45) is 8.83. The number of hydrogen-bond donors (Lipinski definition) is 2. The molecule has 18 heavy (non-hydrogen) atoms. The molecular weight excluding hydrogens is 222 g/mol. The molecule has 96 valence electrons. The van der Waals surface area contributed by atoms with E-state index in [1.165, 1.54) is 43.2 Å². The smallest absolute Gasteiger partial charge is 0.0670 e. The third kappa shape index (κ3) is 2.35. The van der Waals surface area contributed by atoms with Crippen LogP contribution >= 0.6 is 0 Å². The SMILES string of the molecule is CC(Nc1ccc2cn[nH]c2c1)C1CCCCC1. The van der Waals surface area contributed by atoms with E-state index in [0.717, 1.165) is 11.4 Å². The van der Waals surface area contributed by atoms with Gasteiger partial charge in [-0.25, -0.2) is 0 Å². The van der Waals surface area contributed by atoms with Crippen LogP contribution in [0.3, 0.4) is 0 Å². The highest BCUT2D eigenvalue weighted by Gasteiger charge is 2.19. The first-order valence-corrected chi connectivity index (χ1v) is 7.02. The molecule has 1 heterocycles. The second-order valence-electron chi connectivity index (χ2n) is 5.50. The van der Waals surface area contributed by atoms with Crippen LogP contribution in [0.25, 0.3) is 10.9 Å². The fourth-order valence-electron chi connectivity index (χ4n) is 3.04. The largest absolute Gasteiger partial charge is 0.382 e. The topological polar surface area (TPSA) is 40.7 Å². The molecule has 1 aliphatic rings. The third-order valence-corrected chi connectivity index (χ3v) is 4.19. The average molecular weight is 243 g/mol. The molecule has 0 radical (unpaired) electrons. The second-order valence-corrected chi connectivity index (χ2v) is 5.50. The summed E-state index contributed by atoms with van der Waals surface area (Å²) in [5.74, 6) is 0.830. The van der Waals surface area contributed by atoms with Gasteiger partial charge in [0.25, 0.3) is 0 Å². The van der Waals surface area contributed by atoms with E-state index in [9.17, 15) is 0 Å². The lowest BCUT2D eigenvalue weighted by Gasteiger charge is -2.29. The van der Waals surface area contributed by atoms with Gasteiger partial charge in [0.15, 0.2) is 0 Å². The van der Waals surface area contributed by atoms with Crippen molar-refractivity contribution in [3.63, 3.8) is 0 Å². The molecule has 0 amide bonds. The van der Waals surface area contributed by atoms with E-state index in [2.05, 4.69) is 40.6 Å². The zero-order chi connectivity index (χ0) is 12.4. The van der Waals surface area contributed by atoms with E-state index in [1.54, 1.807) is 0 Å². The second kappa shape index (κ2) is 5.01. The zero-order valence-electron chi connectivity index (χ0n) is 10.9. The van der Waals surface area contributed by atoms with Crippen molar-refractivity contribution in [3.8, 4) is 0 Å². The predicted octanol–water partition coefficient (Wildman–Crippen LogP) is 3.94. The van der Waals surface area contributed by atoms with Gasteiger partial charge in [0.2, 0.25) is 0 Å². The Morgan fingerprint density at radius 1 is 1.28 bits per heavy atom. The molecule has 1 aromatic carbocycles. The van der Waals surface area contributed by atoms with Gasteiger partial charge in [-0.2, -0.15) is 5.10 Å². The van der Waals surface area contributed by atoms with Crippen molar-refractivity contribution < 1.29 is 0 Å². The van der Waals surface area contributed by atoms with E-state index in [1.807, 2.05) is 6.20 Å². The van der Waals surface area contributed by atoms with E-state index < -0.39 is 0 Å². The van der Waals surface area contributed by atoms with Gasteiger partial charge in [0, 0.05) is 17.1 Å². The summed E-state index contributed by atoms with van der Waals surface area (Å²) in [6.45, 7) is 2.31. The Hall–Kier alpha value is -1.51. The van der Waals surface area contributed by atoms with Crippen molar-refractivity contribution in [3.05, 3.63) is 24.4 Å². The number of aromatic amines is 1. The molecule has 1 saturated carbocycles. The fourth-order valence-corrected chi connectivity index (χ4v) is 3.04. The molecule has 0 aliphatic heterocycles. The first-order chi connectivity index (χ1) is 8.83. The Kier molecular flexibility index (Phi) is 3.22. The van der Waals surface area contributed by atoms with Gasteiger partial charge in [-0.3, -0.25) is 5.10 Å². The lowest BCUT2D eigenvalue weighted by Crippen LogP contribution is -2.27. The van der Waals surface area contributed by atoms with Gasteiger partial charge in [0.05, 0.1) is 11.7 Å². The number of fused-ring (bicyclic) bond motifs is 1. The maximum Gasteiger partial charge on any atom is 0.0670 e. The highest BCUT2D eigenvalue weighted by Crippen LogP contribution is 2.28. The summed E-state index contributed by atoms with van der Waals surface area (Å²) in [6, 6.07) is 6.99. The Balaban J connectivity index is 1.70. The first kappa shape index (κ1) is 11.6. The van der Waals surface area contributed by atoms with Gasteiger partial charge in [0.1, 0.15) is 0 Å². The molecule has 3 nitrogen and oxygen atoms in total. The van der Waals surface area contributed by atoms with E-state index in [4.69, 9.17) is 0 Å². The molecule has 1 unspecified atom stereocenters. The molecular formula is C15H21N3. The normalized spacial score (nSPS) is 18.9. The maximum atomic E-state index is 4.06. The zero-order valence-corrected chi connectivity index (χ0v) is 10.9. The number of H-pyrrole nitrogens is 1. The van der Waals surface area contributed by atoms with Crippen LogP contribution in [0.4, 0.5) is 5.69 Å². The van der Waals surface area contributed by atoms with Crippen LogP contribution in [0.1, 0.15) is 39.0 Å². The number of hydrogen-bond acceptors (Lipinski definition) is 2. The first-order valence-electron chi connectivity index (χ1n) is 7.02. The Morgan fingerprint density at radius 2 is 2.11 bits per heavy atom. The molecule has 0 saturated heterocycles. The summed E-state index contributed by atoms with van der Waals surface area (Å²) in [5.41, 5.74) is 2.31. The van der Waals surface area contributed by atoms with Crippen LogP contribution in [0.5, 0.6) is 0 Å². The fraction of sp³-hybridized carbons (Fsp3) is 0.533. The minimum absolute atomic E-state index is 0.561. The summed E-state index contributed by atoms with van der Waals surface area (Å²) in [7, 11) is 0. The van der Waals surface area contributed by atoms with Gasteiger partial charge in [-0.15, -0.1) is 0 Å². The number of benzene rings is 1. The number of rotatable bonds is 3. The molecule has 2 N–H and O–H groups in total. The van der Waals surface area contributed by atoms with Crippen LogP contribution in [0.2, 0.25) is 0 Å². The van der Waals surface area contributed by atoms with Gasteiger partial charge in [-0.1, -0.05) is 19.3 Å². The quantitative estimate of drug-likeness (QED) is 0.857. The van der Waals surface area contributed by atoms with Crippen molar-refractivity contribution in [2.75, 3.05) is 5.32 Å². The van der Waals surface area contributed by atoms with Crippen LogP contribution in [0.15, 0.2) is 24.4 Å². The van der Waals surface area contributed by atoms with E-state index >= 15 is 0 Å². The Labute approximate surface area is 108 Å². The summed E-state index contributed by atoms with van der Waals surface area (Å²) in [4.78, 5) is 0. The summed E-state index contributed by atoms with van der Waals surface area (Å²) >= 11 is 0. The minimum atomic E-state index is 0.561. The van der Waals surface area contributed by atoms with Gasteiger partial charge < -0.3 is 5.32 Å². The van der Waals surface area contributed by atoms with E-state index in [0.29, 0.717) is 6.04 Å². The lowest BCUT2D eigenvalue weighted by atomic mass is 9.84. The summed E-state index contributed by atoms with van der Waals surface area (Å²) < 4.78 is 0. The van der Waals surface area contributed by atoms with Crippen molar-refractivity contribution in [1.29, 1.82) is 0 Å². The van der Waals surface area contributed by atoms with Crippen LogP contribution in [0, 0.1) is 5.92 Å². The minimum Gasteiger partial charge on any atom is -0.382 e. The third-order valence-electron chi connectivity index (χ3n) is 4.19. The lowest BCUT2D eigenvalue weighted by molar-refractivity contribution is 0.328. The Bertz CT molecular complexity index is 511. The molecule has 0 bridgehead atoms. The molecule has 1 atom stereocenters. The molecule has 0 spiro atoms. The van der Waals surface area contributed by atoms with Crippen molar-refractivity contribution in [2.45, 2.75) is 45.1 Å². The standard InChI is InChI=1S/C15H21N3/c1-11(12-5-3-2-4-6-12)17-14-8-7-13-10-16-18-15(13)9-14/h7-12,17H,2-6H2,1H3,(H,16,18). The number of nitrogens with one attached hydrogen (secondary N) is 2. The number of aromatic nitrogens is 2. The van der Waals surface area contributed by atoms with E-state index in [-0.39, 0.29) is 0 Å². The number of nitrogens with zero attached hydrogens (tertiary/aromatic N) is 1. The van der Waals surface area contributed by atoms with Gasteiger partial charge >= 0.3 is 0 Å². The van der Waals surface area contributed by atoms with Crippen molar-refractivity contribution in [1.82, 2.24) is 10.2 Å². The van der Waals surface area contributed by atoms with Crippen molar-refractivity contribution >= 4 is 16.6 Å². The monoisotopic (exact) mass is 243 g/mol. The Morgan fingerprint density at radius 3 is 2.94 bits per heavy atom. The predicted molar refractivity (Wildman–Crippen MR) is 75.8 cm³/mol. The summed E-state index contributed by atoms with van der Waals surface area (Å²) in [5, 5.41) is 11.9. The average Bonchev–Trinajstić information content (AvgIpc) is 2.87. The molecule has 2 aromatic rings. The highest BCUT2D eigenvalue weighted by atomic mass is 15.1. The van der Waals surface area contributed by atoms with Crippen molar-refractivity contribution in [2.24, 2.45) is 5.92 Å². The molecule has 1 fully saturated rings. The highest BCUT2D eigenvalue weighted by molar-refractivity contribution is 5.81. The van der Waals surface area contributed by atoms with Crippen LogP contribution in [-0.4, -0.2) is 16.2 Å². The molecule has 3 heteroatoms. The van der Waals surface area contributed by atoms with Crippen LogP contribution in [-0.2, 0) is 0 Å². The maximum absolute atomic E-state index is 4.06. The number of anilines is 1. The van der Waals surface area contributed by atoms with Crippen LogP contribution < -0.4 is 5.32 Å².